The maximum absolute atomic E-state index is 13.4. The van der Waals surface area contributed by atoms with Crippen molar-refractivity contribution in [1.29, 1.82) is 0 Å². The predicted octanol–water partition coefficient (Wildman–Crippen LogP) is 2.27. The molecular formula is C15H15FN2O3S. The molecule has 1 aromatic carbocycles. The molecule has 0 fully saturated rings. The van der Waals surface area contributed by atoms with E-state index in [1.807, 2.05) is 0 Å². The summed E-state index contributed by atoms with van der Waals surface area (Å²) in [7, 11) is 0. The third-order valence-corrected chi connectivity index (χ3v) is 3.92. The van der Waals surface area contributed by atoms with Gasteiger partial charge in [-0.2, -0.15) is 0 Å². The molecule has 7 heteroatoms. The number of aryl methyl sites for hydroxylation is 1. The predicted molar refractivity (Wildman–Crippen MR) is 80.5 cm³/mol. The number of amides is 1. The Labute approximate surface area is 130 Å². The SMILES string of the molecule is O=C(CCc1ccccc1F)NCCc1nc(C(=O)O)cs1. The number of carbonyl (C=O) groups is 2. The van der Waals surface area contributed by atoms with Crippen molar-refractivity contribution in [2.75, 3.05) is 6.54 Å². The first-order valence-corrected chi connectivity index (χ1v) is 7.62. The average molecular weight is 322 g/mol. The van der Waals surface area contributed by atoms with Crippen molar-refractivity contribution in [1.82, 2.24) is 10.3 Å². The number of hydrogen-bond acceptors (Lipinski definition) is 4. The van der Waals surface area contributed by atoms with Crippen molar-refractivity contribution >= 4 is 23.2 Å². The molecule has 0 spiro atoms. The Balaban J connectivity index is 1.71. The van der Waals surface area contributed by atoms with E-state index in [1.165, 1.54) is 22.8 Å². The number of aromatic nitrogens is 1. The third kappa shape index (κ3) is 4.63. The number of carbonyl (C=O) groups excluding carboxylic acids is 1. The van der Waals surface area contributed by atoms with E-state index in [0.717, 1.165) is 0 Å². The van der Waals surface area contributed by atoms with Gasteiger partial charge in [-0.1, -0.05) is 18.2 Å². The van der Waals surface area contributed by atoms with Crippen molar-refractivity contribution in [3.8, 4) is 0 Å². The van der Waals surface area contributed by atoms with Gasteiger partial charge in [0.25, 0.3) is 0 Å². The van der Waals surface area contributed by atoms with E-state index in [4.69, 9.17) is 5.11 Å². The minimum Gasteiger partial charge on any atom is -0.476 e. The van der Waals surface area contributed by atoms with Crippen molar-refractivity contribution in [2.45, 2.75) is 19.3 Å². The minimum absolute atomic E-state index is 0.0193. The van der Waals surface area contributed by atoms with Crippen LogP contribution in [-0.2, 0) is 17.6 Å². The van der Waals surface area contributed by atoms with Crippen LogP contribution in [0.25, 0.3) is 0 Å². The van der Waals surface area contributed by atoms with Crippen molar-refractivity contribution in [3.05, 3.63) is 51.7 Å². The van der Waals surface area contributed by atoms with Gasteiger partial charge < -0.3 is 10.4 Å². The molecule has 116 valence electrons. The quantitative estimate of drug-likeness (QED) is 0.819. The lowest BCUT2D eigenvalue weighted by molar-refractivity contribution is -0.121. The number of aromatic carboxylic acids is 1. The zero-order valence-electron chi connectivity index (χ0n) is 11.7. The molecule has 2 rings (SSSR count). The van der Waals surface area contributed by atoms with Crippen LogP contribution in [-0.4, -0.2) is 28.5 Å². The number of hydrogen-bond donors (Lipinski definition) is 2. The smallest absolute Gasteiger partial charge is 0.355 e. The summed E-state index contributed by atoms with van der Waals surface area (Å²) in [5, 5.41) is 13.6. The van der Waals surface area contributed by atoms with E-state index in [1.54, 1.807) is 18.2 Å². The Bertz CT molecular complexity index is 672. The minimum atomic E-state index is -1.06. The first-order chi connectivity index (χ1) is 10.6. The molecule has 1 heterocycles. The molecular weight excluding hydrogens is 307 g/mol. The summed E-state index contributed by atoms with van der Waals surface area (Å²) in [6.07, 6.45) is 1.03. The Morgan fingerprint density at radius 1 is 1.27 bits per heavy atom. The molecule has 22 heavy (non-hydrogen) atoms. The number of thiazole rings is 1. The molecule has 0 saturated heterocycles. The van der Waals surface area contributed by atoms with Gasteiger partial charge in [-0.05, 0) is 18.1 Å². The fraction of sp³-hybridized carbons (Fsp3) is 0.267. The van der Waals surface area contributed by atoms with Gasteiger partial charge in [0.05, 0.1) is 5.01 Å². The molecule has 0 unspecified atom stereocenters. The molecule has 2 aromatic rings. The van der Waals surface area contributed by atoms with E-state index >= 15 is 0 Å². The summed E-state index contributed by atoms with van der Waals surface area (Å²) in [6.45, 7) is 0.378. The molecule has 0 atom stereocenters. The summed E-state index contributed by atoms with van der Waals surface area (Å²) >= 11 is 1.25. The lowest BCUT2D eigenvalue weighted by atomic mass is 10.1. The number of nitrogens with one attached hydrogen (secondary N) is 1. The van der Waals surface area contributed by atoms with E-state index in [2.05, 4.69) is 10.3 Å². The van der Waals surface area contributed by atoms with Gasteiger partial charge in [0.2, 0.25) is 5.91 Å². The van der Waals surface area contributed by atoms with E-state index in [9.17, 15) is 14.0 Å². The largest absolute Gasteiger partial charge is 0.476 e. The molecule has 0 aliphatic carbocycles. The highest BCUT2D eigenvalue weighted by atomic mass is 32.1. The molecule has 0 saturated carbocycles. The Kier molecular flexibility index (Phi) is 5.60. The number of carboxylic acids is 1. The van der Waals surface area contributed by atoms with Gasteiger partial charge in [-0.25, -0.2) is 14.2 Å². The molecule has 0 bridgehead atoms. The van der Waals surface area contributed by atoms with Gasteiger partial charge in [-0.15, -0.1) is 11.3 Å². The lowest BCUT2D eigenvalue weighted by Crippen LogP contribution is -2.26. The van der Waals surface area contributed by atoms with Crippen LogP contribution in [0.2, 0.25) is 0 Å². The number of halogens is 1. The topological polar surface area (TPSA) is 79.3 Å². The monoisotopic (exact) mass is 322 g/mol. The second kappa shape index (κ2) is 7.65. The highest BCUT2D eigenvalue weighted by molar-refractivity contribution is 7.09. The van der Waals surface area contributed by atoms with Gasteiger partial charge in [0, 0.05) is 24.8 Å². The van der Waals surface area contributed by atoms with E-state index in [0.29, 0.717) is 30.0 Å². The first-order valence-electron chi connectivity index (χ1n) is 6.74. The van der Waals surface area contributed by atoms with Crippen LogP contribution in [0.1, 0.15) is 27.5 Å². The number of nitrogens with zero attached hydrogens (tertiary/aromatic N) is 1. The second-order valence-electron chi connectivity index (χ2n) is 4.62. The maximum Gasteiger partial charge on any atom is 0.355 e. The van der Waals surface area contributed by atoms with Crippen molar-refractivity contribution in [3.63, 3.8) is 0 Å². The Hall–Kier alpha value is -2.28. The average Bonchev–Trinajstić information content (AvgIpc) is 2.95. The van der Waals surface area contributed by atoms with Crippen LogP contribution in [0.3, 0.4) is 0 Å². The normalized spacial score (nSPS) is 10.4. The van der Waals surface area contributed by atoms with Gasteiger partial charge in [-0.3, -0.25) is 4.79 Å². The highest BCUT2D eigenvalue weighted by Gasteiger charge is 2.09. The summed E-state index contributed by atoms with van der Waals surface area (Å²) < 4.78 is 13.4. The van der Waals surface area contributed by atoms with Crippen LogP contribution in [0.5, 0.6) is 0 Å². The van der Waals surface area contributed by atoms with Crippen LogP contribution < -0.4 is 5.32 Å². The summed E-state index contributed by atoms with van der Waals surface area (Å²) in [6, 6.07) is 6.37. The van der Waals surface area contributed by atoms with Gasteiger partial charge in [0.1, 0.15) is 5.82 Å². The fourth-order valence-corrected chi connectivity index (χ4v) is 2.64. The van der Waals surface area contributed by atoms with Crippen molar-refractivity contribution in [2.24, 2.45) is 0 Å². The van der Waals surface area contributed by atoms with Gasteiger partial charge in [0.15, 0.2) is 5.69 Å². The number of carboxylic acid groups (broad SMARTS) is 1. The summed E-state index contributed by atoms with van der Waals surface area (Å²) in [4.78, 5) is 26.3. The number of rotatable bonds is 7. The zero-order chi connectivity index (χ0) is 15.9. The van der Waals surface area contributed by atoms with E-state index in [-0.39, 0.29) is 23.8 Å². The van der Waals surface area contributed by atoms with Crippen molar-refractivity contribution < 1.29 is 19.1 Å². The number of benzene rings is 1. The zero-order valence-corrected chi connectivity index (χ0v) is 12.5. The molecule has 1 amide bonds. The maximum atomic E-state index is 13.4. The summed E-state index contributed by atoms with van der Waals surface area (Å²) in [5.41, 5.74) is 0.537. The molecule has 2 N–H and O–H groups in total. The van der Waals surface area contributed by atoms with Crippen LogP contribution >= 0.6 is 11.3 Å². The summed E-state index contributed by atoms with van der Waals surface area (Å²) in [5.74, 6) is -1.53. The van der Waals surface area contributed by atoms with Gasteiger partial charge >= 0.3 is 5.97 Å². The Morgan fingerprint density at radius 2 is 2.05 bits per heavy atom. The van der Waals surface area contributed by atoms with E-state index < -0.39 is 5.97 Å². The van der Waals surface area contributed by atoms with Crippen LogP contribution in [0.15, 0.2) is 29.6 Å². The molecule has 5 nitrogen and oxygen atoms in total. The van der Waals surface area contributed by atoms with Crippen LogP contribution in [0, 0.1) is 5.82 Å². The second-order valence-corrected chi connectivity index (χ2v) is 5.57. The molecule has 0 radical (unpaired) electrons. The lowest BCUT2D eigenvalue weighted by Gasteiger charge is -2.05. The molecule has 0 aliphatic heterocycles. The fourth-order valence-electron chi connectivity index (χ4n) is 1.87. The standard InChI is InChI=1S/C15H15FN2O3S/c16-11-4-2-1-3-10(11)5-6-13(19)17-8-7-14-18-12(9-22-14)15(20)21/h1-4,9H,5-8H2,(H,17,19)(H,20,21). The highest BCUT2D eigenvalue weighted by Crippen LogP contribution is 2.10. The first kappa shape index (κ1) is 16.1. The third-order valence-electron chi connectivity index (χ3n) is 3.01. The Morgan fingerprint density at radius 3 is 2.73 bits per heavy atom. The van der Waals surface area contributed by atoms with Crippen LogP contribution in [0.4, 0.5) is 4.39 Å². The molecule has 1 aromatic heterocycles. The molecule has 0 aliphatic rings.